The van der Waals surface area contributed by atoms with Crippen molar-refractivity contribution in [1.29, 1.82) is 0 Å². The van der Waals surface area contributed by atoms with Gasteiger partial charge in [-0.15, -0.1) is 0 Å². The molecule has 0 bridgehead atoms. The minimum Gasteiger partial charge on any atom is -0.748 e. The summed E-state index contributed by atoms with van der Waals surface area (Å²) in [5, 5.41) is 15.4. The van der Waals surface area contributed by atoms with Gasteiger partial charge < -0.3 is 40.5 Å². The second kappa shape index (κ2) is 20.5. The molecule has 0 aliphatic heterocycles. The molecule has 21 heavy (non-hydrogen) atoms. The number of hydrogen-bond donors (Lipinski definition) is 2. The van der Waals surface area contributed by atoms with Crippen molar-refractivity contribution in [3.8, 4) is 0 Å². The summed E-state index contributed by atoms with van der Waals surface area (Å²) < 4.78 is 0. The van der Waals surface area contributed by atoms with Gasteiger partial charge in [-0.25, -0.2) is 12.1 Å². The van der Waals surface area contributed by atoms with Crippen LogP contribution in [0.15, 0.2) is 60.7 Å². The molecular weight excluding hydrogens is 312 g/mol. The monoisotopic (exact) mass is 334 g/mol. The Kier molecular flexibility index (Phi) is 23.6. The van der Waals surface area contributed by atoms with Crippen LogP contribution in [0.25, 0.3) is 0 Å². The maximum atomic E-state index is 9.37. The van der Waals surface area contributed by atoms with Gasteiger partial charge in [0.25, 0.3) is 0 Å². The summed E-state index contributed by atoms with van der Waals surface area (Å²) in [5.41, 5.74) is 0. The zero-order valence-corrected chi connectivity index (χ0v) is 13.4. The average Bonchev–Trinajstić information content (AvgIpc) is 3.16. The second-order valence-electron chi connectivity index (χ2n) is 3.42. The van der Waals surface area contributed by atoms with Crippen LogP contribution in [0.2, 0.25) is 0 Å². The van der Waals surface area contributed by atoms with E-state index in [1.165, 1.54) is 0 Å². The molecule has 0 amide bonds. The number of carboxylic acids is 2. The van der Waals surface area contributed by atoms with Gasteiger partial charge in [-0.05, 0) is 0 Å². The predicted molar refractivity (Wildman–Crippen MR) is 79.9 cm³/mol. The van der Waals surface area contributed by atoms with E-state index in [0.29, 0.717) is 0 Å². The Morgan fingerprint density at radius 2 is 1.05 bits per heavy atom. The van der Waals surface area contributed by atoms with Crippen LogP contribution in [0.3, 0.4) is 0 Å². The van der Waals surface area contributed by atoms with Gasteiger partial charge in [-0.2, -0.15) is 18.2 Å². The largest absolute Gasteiger partial charge is 0.748 e. The van der Waals surface area contributed by atoms with Crippen LogP contribution in [0.4, 0.5) is 0 Å². The normalized spacial score (nSPS) is 7.33. The first-order valence-electron chi connectivity index (χ1n) is 6.31. The van der Waals surface area contributed by atoms with Crippen LogP contribution in [0.1, 0.15) is 26.7 Å². The van der Waals surface area contributed by atoms with Gasteiger partial charge in [-0.3, -0.25) is 9.59 Å². The first kappa shape index (κ1) is 24.2. The molecular formula is C16H22FeO4-6. The van der Waals surface area contributed by atoms with Crippen molar-refractivity contribution in [2.75, 3.05) is 0 Å². The molecule has 0 aromatic heterocycles. The molecule has 2 aromatic carbocycles. The molecule has 0 unspecified atom stereocenters. The summed E-state index contributed by atoms with van der Waals surface area (Å²) in [5.74, 6) is -1.49. The summed E-state index contributed by atoms with van der Waals surface area (Å²) in [6.45, 7) is 3.20. The predicted octanol–water partition coefficient (Wildman–Crippen LogP) is 3.77. The van der Waals surface area contributed by atoms with Gasteiger partial charge in [0.15, 0.2) is 0 Å². The van der Waals surface area contributed by atoms with Gasteiger partial charge >= 0.3 is 11.9 Å². The summed E-state index contributed by atoms with van der Waals surface area (Å²) in [6.07, 6.45) is 0.444. The fraction of sp³-hybridized carbons (Fsp3) is 0.250. The Bertz CT molecular complexity index is 319. The molecule has 0 aliphatic rings. The minimum atomic E-state index is -0.745. The van der Waals surface area contributed by atoms with Crippen LogP contribution >= 0.6 is 0 Å². The van der Waals surface area contributed by atoms with Crippen LogP contribution in [-0.2, 0) is 26.7 Å². The Balaban J connectivity index is -0.000000202. The minimum absolute atomic E-state index is 0. The summed E-state index contributed by atoms with van der Waals surface area (Å²) >= 11 is 0. The van der Waals surface area contributed by atoms with Crippen molar-refractivity contribution in [2.45, 2.75) is 26.7 Å². The molecule has 4 nitrogen and oxygen atoms in total. The van der Waals surface area contributed by atoms with E-state index in [-0.39, 0.29) is 29.9 Å². The fourth-order valence-corrected chi connectivity index (χ4v) is 0.642. The fourth-order valence-electron chi connectivity index (χ4n) is 0.642. The molecule has 2 N–H and O–H groups in total. The molecule has 2 rings (SSSR count). The van der Waals surface area contributed by atoms with E-state index >= 15 is 0 Å². The van der Waals surface area contributed by atoms with Crippen LogP contribution in [0, 0.1) is 0 Å². The number of rotatable bonds is 2. The Hall–Kier alpha value is -1.84. The number of carboxylic acid groups (broad SMARTS) is 2. The van der Waals surface area contributed by atoms with E-state index in [9.17, 15) is 9.59 Å². The molecule has 0 atom stereocenters. The van der Waals surface area contributed by atoms with Crippen molar-refractivity contribution in [3.05, 3.63) is 60.7 Å². The van der Waals surface area contributed by atoms with E-state index in [2.05, 4.69) is 0 Å². The van der Waals surface area contributed by atoms with Gasteiger partial charge in [-0.1, -0.05) is 13.8 Å². The molecule has 0 fully saturated rings. The van der Waals surface area contributed by atoms with Crippen molar-refractivity contribution >= 4 is 11.9 Å². The van der Waals surface area contributed by atoms with Gasteiger partial charge in [0.1, 0.15) is 0 Å². The average molecular weight is 334 g/mol. The molecule has 0 spiro atoms. The van der Waals surface area contributed by atoms with Crippen LogP contribution < -0.4 is 0 Å². The third-order valence-corrected chi connectivity index (χ3v) is 1.72. The molecule has 0 saturated carbocycles. The van der Waals surface area contributed by atoms with Crippen molar-refractivity contribution < 1.29 is 36.9 Å². The Morgan fingerprint density at radius 1 is 0.810 bits per heavy atom. The third kappa shape index (κ3) is 32.1. The van der Waals surface area contributed by atoms with Crippen molar-refractivity contribution in [3.63, 3.8) is 0 Å². The quantitative estimate of drug-likeness (QED) is 0.648. The van der Waals surface area contributed by atoms with Crippen molar-refractivity contribution in [1.82, 2.24) is 0 Å². The van der Waals surface area contributed by atoms with Gasteiger partial charge in [0, 0.05) is 29.9 Å². The molecule has 0 heterocycles. The van der Waals surface area contributed by atoms with Crippen LogP contribution in [-0.4, -0.2) is 22.2 Å². The SMILES string of the molecule is CCC(=O)O.CCC(=O)O.[Fe].[cH-]1[cH-][cH-][cH-][cH-]1.c1cc[cH-]c1. The molecule has 0 radical (unpaired) electrons. The maximum Gasteiger partial charge on any atom is 0.303 e. The van der Waals surface area contributed by atoms with Gasteiger partial charge in [0.05, 0.1) is 0 Å². The van der Waals surface area contributed by atoms with E-state index in [1.54, 1.807) is 13.8 Å². The number of carbonyl (C=O) groups is 2. The zero-order chi connectivity index (χ0) is 15.6. The molecule has 5 heteroatoms. The number of hydrogen-bond acceptors (Lipinski definition) is 2. The summed E-state index contributed by atoms with van der Waals surface area (Å²) in [7, 11) is 0. The second-order valence-corrected chi connectivity index (χ2v) is 3.42. The first-order chi connectivity index (χ1) is 9.54. The standard InChI is InChI=1S/2C5H5.2C3H6O2.Fe/c2*1-2-4-5-3-1;2*1-2-3(4)5;/h2*1-5H;2*2H2,1H3,(H,4,5);/q-5;-1;;;. The summed E-state index contributed by atoms with van der Waals surface area (Å²) in [6, 6.07) is 20.0. The first-order valence-corrected chi connectivity index (χ1v) is 6.31. The third-order valence-electron chi connectivity index (χ3n) is 1.72. The van der Waals surface area contributed by atoms with E-state index < -0.39 is 11.9 Å². The molecule has 0 saturated heterocycles. The van der Waals surface area contributed by atoms with Crippen LogP contribution in [0.5, 0.6) is 0 Å². The zero-order valence-electron chi connectivity index (χ0n) is 12.3. The Morgan fingerprint density at radius 3 is 1.14 bits per heavy atom. The Labute approximate surface area is 136 Å². The number of aliphatic carboxylic acids is 2. The molecule has 0 aliphatic carbocycles. The van der Waals surface area contributed by atoms with Crippen molar-refractivity contribution in [2.24, 2.45) is 0 Å². The van der Waals surface area contributed by atoms with E-state index in [0.717, 1.165) is 0 Å². The van der Waals surface area contributed by atoms with E-state index in [1.807, 2.05) is 60.7 Å². The maximum absolute atomic E-state index is 9.37. The topological polar surface area (TPSA) is 74.6 Å². The molecule has 124 valence electrons. The smallest absolute Gasteiger partial charge is 0.303 e. The van der Waals surface area contributed by atoms with Gasteiger partial charge in [0.2, 0.25) is 0 Å². The summed E-state index contributed by atoms with van der Waals surface area (Å²) in [4.78, 5) is 18.7. The van der Waals surface area contributed by atoms with E-state index in [4.69, 9.17) is 10.2 Å². The molecule has 2 aromatic rings.